The van der Waals surface area contributed by atoms with Crippen LogP contribution in [0.5, 0.6) is 0 Å². The van der Waals surface area contributed by atoms with Crippen molar-refractivity contribution in [2.45, 2.75) is 19.8 Å². The van der Waals surface area contributed by atoms with Crippen molar-refractivity contribution in [3.63, 3.8) is 0 Å². The third-order valence-electron chi connectivity index (χ3n) is 4.50. The lowest BCUT2D eigenvalue weighted by Crippen LogP contribution is -1.89. The number of hydrogen-bond donors (Lipinski definition) is 0. The normalized spacial score (nSPS) is 12.0. The van der Waals surface area contributed by atoms with Crippen LogP contribution in [0.2, 0.25) is 0 Å². The molecule has 0 fully saturated rings. The van der Waals surface area contributed by atoms with E-state index >= 15 is 0 Å². The molecule has 0 amide bonds. The molecule has 4 rings (SSSR count). The van der Waals surface area contributed by atoms with E-state index in [9.17, 15) is 0 Å². The zero-order valence-corrected chi connectivity index (χ0v) is 12.3. The monoisotopic (exact) mass is 270 g/mol. The minimum absolute atomic E-state index is 1.06. The summed E-state index contributed by atoms with van der Waals surface area (Å²) >= 11 is 0. The first kappa shape index (κ1) is 12.4. The maximum atomic E-state index is 2.38. The number of fused-ring (bicyclic) bond motifs is 3. The van der Waals surface area contributed by atoms with E-state index in [0.717, 1.165) is 12.8 Å². The van der Waals surface area contributed by atoms with Crippen LogP contribution in [0.25, 0.3) is 22.3 Å². The molecule has 0 unspecified atom stereocenters. The van der Waals surface area contributed by atoms with Crippen molar-refractivity contribution in [2.75, 3.05) is 0 Å². The van der Waals surface area contributed by atoms with Crippen LogP contribution in [0.4, 0.5) is 0 Å². The maximum absolute atomic E-state index is 2.38. The summed E-state index contributed by atoms with van der Waals surface area (Å²) in [6.45, 7) is 2.22. The average Bonchev–Trinajstić information content (AvgIpc) is 2.92. The van der Waals surface area contributed by atoms with E-state index in [-0.39, 0.29) is 0 Å². The molecule has 0 atom stereocenters. The van der Waals surface area contributed by atoms with Crippen molar-refractivity contribution in [3.05, 3.63) is 83.4 Å². The van der Waals surface area contributed by atoms with Crippen molar-refractivity contribution < 1.29 is 0 Å². The molecule has 0 heterocycles. The predicted octanol–water partition coefficient (Wildman–Crippen LogP) is 5.49. The summed E-state index contributed by atoms with van der Waals surface area (Å²) in [7, 11) is 0. The molecule has 0 aliphatic heterocycles. The first-order valence-corrected chi connectivity index (χ1v) is 7.66. The molecule has 3 aromatic carbocycles. The van der Waals surface area contributed by atoms with E-state index in [0.29, 0.717) is 0 Å². The number of aryl methyl sites for hydroxylation is 1. The molecule has 102 valence electrons. The number of benzene rings is 3. The highest BCUT2D eigenvalue weighted by atomic mass is 14.2. The molecule has 1 aliphatic rings. The van der Waals surface area contributed by atoms with Crippen LogP contribution in [0, 0.1) is 0 Å². The molecular weight excluding hydrogens is 252 g/mol. The van der Waals surface area contributed by atoms with Crippen LogP contribution in [-0.2, 0) is 12.8 Å². The zero-order valence-electron chi connectivity index (χ0n) is 12.3. The van der Waals surface area contributed by atoms with E-state index in [1.54, 1.807) is 0 Å². The summed E-state index contributed by atoms with van der Waals surface area (Å²) in [5.41, 5.74) is 9.87. The van der Waals surface area contributed by atoms with Crippen molar-refractivity contribution >= 4 is 0 Å². The van der Waals surface area contributed by atoms with Gasteiger partial charge in [0.1, 0.15) is 0 Å². The molecule has 3 aromatic rings. The highest BCUT2D eigenvalue weighted by Crippen LogP contribution is 2.38. The minimum atomic E-state index is 1.06. The van der Waals surface area contributed by atoms with Crippen LogP contribution in [0.1, 0.15) is 23.6 Å². The van der Waals surface area contributed by atoms with Gasteiger partial charge in [-0.15, -0.1) is 0 Å². The molecule has 0 N–H and O–H groups in total. The Morgan fingerprint density at radius 2 is 1.43 bits per heavy atom. The molecule has 0 saturated heterocycles. The van der Waals surface area contributed by atoms with E-state index < -0.39 is 0 Å². The second-order valence-electron chi connectivity index (χ2n) is 5.72. The first-order chi connectivity index (χ1) is 10.4. The summed E-state index contributed by atoms with van der Waals surface area (Å²) in [5.74, 6) is 0. The molecule has 0 heteroatoms. The summed E-state index contributed by atoms with van der Waals surface area (Å²) in [5, 5.41) is 0. The van der Waals surface area contributed by atoms with Gasteiger partial charge in [0.25, 0.3) is 0 Å². The fourth-order valence-corrected chi connectivity index (χ4v) is 3.42. The Bertz CT molecular complexity index is 812. The third-order valence-corrected chi connectivity index (χ3v) is 4.50. The van der Waals surface area contributed by atoms with Crippen molar-refractivity contribution in [1.29, 1.82) is 0 Å². The molecule has 1 aliphatic carbocycles. The van der Waals surface area contributed by atoms with Crippen LogP contribution in [0.3, 0.4) is 0 Å². The van der Waals surface area contributed by atoms with Crippen LogP contribution >= 0.6 is 0 Å². The third kappa shape index (κ3) is 1.99. The van der Waals surface area contributed by atoms with Gasteiger partial charge in [-0.25, -0.2) is 0 Å². The molecule has 0 radical (unpaired) electrons. The number of hydrogen-bond acceptors (Lipinski definition) is 0. The standard InChI is InChI=1S/C21H18/c1-2-15-7-3-5-9-19(15)17-11-12-21-18(14-17)13-16-8-4-6-10-20(16)21/h3-12,14H,2,13H2,1H3. The van der Waals surface area contributed by atoms with Crippen molar-refractivity contribution in [2.24, 2.45) is 0 Å². The molecule has 0 spiro atoms. The highest BCUT2D eigenvalue weighted by molar-refractivity contribution is 5.80. The van der Waals surface area contributed by atoms with Gasteiger partial charge in [-0.2, -0.15) is 0 Å². The van der Waals surface area contributed by atoms with Gasteiger partial charge in [-0.05, 0) is 51.8 Å². The Morgan fingerprint density at radius 3 is 2.29 bits per heavy atom. The van der Waals surface area contributed by atoms with E-state index in [1.807, 2.05) is 0 Å². The summed E-state index contributed by atoms with van der Waals surface area (Å²) in [6, 6.07) is 24.4. The molecule has 0 bridgehead atoms. The molecule has 0 saturated carbocycles. The van der Waals surface area contributed by atoms with Gasteiger partial charge >= 0.3 is 0 Å². The quantitative estimate of drug-likeness (QED) is 0.452. The van der Waals surface area contributed by atoms with Gasteiger partial charge in [0.05, 0.1) is 0 Å². The summed E-state index contributed by atoms with van der Waals surface area (Å²) in [4.78, 5) is 0. The lowest BCUT2D eigenvalue weighted by atomic mass is 9.95. The molecule has 0 aromatic heterocycles. The summed E-state index contributed by atoms with van der Waals surface area (Å²) < 4.78 is 0. The fraction of sp³-hybridized carbons (Fsp3) is 0.143. The van der Waals surface area contributed by atoms with Crippen LogP contribution in [0.15, 0.2) is 66.7 Å². The molecule has 0 nitrogen and oxygen atoms in total. The van der Waals surface area contributed by atoms with Gasteiger partial charge in [-0.3, -0.25) is 0 Å². The Labute approximate surface area is 126 Å². The summed E-state index contributed by atoms with van der Waals surface area (Å²) in [6.07, 6.45) is 2.14. The van der Waals surface area contributed by atoms with Crippen molar-refractivity contribution in [1.82, 2.24) is 0 Å². The highest BCUT2D eigenvalue weighted by Gasteiger charge is 2.18. The predicted molar refractivity (Wildman–Crippen MR) is 89.5 cm³/mol. The topological polar surface area (TPSA) is 0 Å². The van der Waals surface area contributed by atoms with Gasteiger partial charge in [0.15, 0.2) is 0 Å². The average molecular weight is 270 g/mol. The lowest BCUT2D eigenvalue weighted by Gasteiger charge is -2.10. The second-order valence-corrected chi connectivity index (χ2v) is 5.72. The van der Waals surface area contributed by atoms with Crippen LogP contribution < -0.4 is 0 Å². The van der Waals surface area contributed by atoms with Gasteiger partial charge in [0, 0.05) is 0 Å². The van der Waals surface area contributed by atoms with Gasteiger partial charge < -0.3 is 0 Å². The van der Waals surface area contributed by atoms with Gasteiger partial charge in [-0.1, -0.05) is 73.7 Å². The van der Waals surface area contributed by atoms with Gasteiger partial charge in [0.2, 0.25) is 0 Å². The van der Waals surface area contributed by atoms with E-state index in [4.69, 9.17) is 0 Å². The van der Waals surface area contributed by atoms with E-state index in [2.05, 4.69) is 73.7 Å². The molecule has 21 heavy (non-hydrogen) atoms. The SMILES string of the molecule is CCc1ccccc1-c1ccc2c(c1)Cc1ccccc1-2. The Balaban J connectivity index is 1.83. The Hall–Kier alpha value is -2.34. The smallest absolute Gasteiger partial charge is 0.00132 e. The number of rotatable bonds is 2. The lowest BCUT2D eigenvalue weighted by molar-refractivity contribution is 1.14. The second kappa shape index (κ2) is 4.89. The first-order valence-electron chi connectivity index (χ1n) is 7.66. The van der Waals surface area contributed by atoms with Crippen molar-refractivity contribution in [3.8, 4) is 22.3 Å². The Kier molecular flexibility index (Phi) is 2.89. The fourth-order valence-electron chi connectivity index (χ4n) is 3.42. The maximum Gasteiger partial charge on any atom is -0.00132 e. The zero-order chi connectivity index (χ0) is 14.2. The van der Waals surface area contributed by atoms with E-state index in [1.165, 1.54) is 38.9 Å². The van der Waals surface area contributed by atoms with Crippen LogP contribution in [-0.4, -0.2) is 0 Å². The Morgan fingerprint density at radius 1 is 0.714 bits per heavy atom. The largest absolute Gasteiger partial charge is 0.0620 e. The minimum Gasteiger partial charge on any atom is -0.0620 e. The molecular formula is C21H18.